The summed E-state index contributed by atoms with van der Waals surface area (Å²) in [7, 11) is -4.26. The van der Waals surface area contributed by atoms with Crippen LogP contribution in [0.1, 0.15) is 30.5 Å². The van der Waals surface area contributed by atoms with Gasteiger partial charge in [-0.1, -0.05) is 109 Å². The number of hydrogen-bond acceptors (Lipinski definition) is 4. The van der Waals surface area contributed by atoms with E-state index < -0.39 is 28.5 Å². The molecule has 0 spiro atoms. The molecule has 0 saturated carbocycles. The number of sulfonamides is 1. The Kier molecular flexibility index (Phi) is 12.1. The fraction of sp³-hybridized carbons (Fsp3) is 0.257. The molecule has 0 saturated heterocycles. The molecule has 0 aromatic heterocycles. The zero-order valence-electron chi connectivity index (χ0n) is 25.8. The van der Waals surface area contributed by atoms with Gasteiger partial charge in [-0.3, -0.25) is 13.9 Å². The Labute approximate surface area is 286 Å². The van der Waals surface area contributed by atoms with E-state index >= 15 is 0 Å². The molecule has 11 heteroatoms. The molecule has 0 aliphatic rings. The molecule has 0 radical (unpaired) electrons. The van der Waals surface area contributed by atoms with Crippen molar-refractivity contribution in [2.24, 2.45) is 5.92 Å². The third-order valence-electron chi connectivity index (χ3n) is 7.40. The van der Waals surface area contributed by atoms with E-state index in [1.165, 1.54) is 23.1 Å². The summed E-state index contributed by atoms with van der Waals surface area (Å²) in [4.78, 5) is 29.9. The third kappa shape index (κ3) is 8.82. The first-order valence-electron chi connectivity index (χ1n) is 14.8. The molecule has 242 valence electrons. The van der Waals surface area contributed by atoms with Gasteiger partial charge in [-0.15, -0.1) is 0 Å². The zero-order valence-corrected chi connectivity index (χ0v) is 28.9. The predicted octanol–water partition coefficient (Wildman–Crippen LogP) is 7.56. The topological polar surface area (TPSA) is 86.8 Å². The van der Waals surface area contributed by atoms with E-state index in [0.29, 0.717) is 32.7 Å². The molecular weight excluding hydrogens is 665 g/mol. The number of hydrogen-bond donors (Lipinski definition) is 1. The maximum Gasteiger partial charge on any atom is 0.264 e. The minimum absolute atomic E-state index is 0.00149. The first-order valence-corrected chi connectivity index (χ1v) is 17.3. The van der Waals surface area contributed by atoms with Crippen LogP contribution in [0.4, 0.5) is 5.69 Å². The summed E-state index contributed by atoms with van der Waals surface area (Å²) in [5, 5.41) is 3.89. The lowest BCUT2D eigenvalue weighted by atomic mass is 10.0. The second kappa shape index (κ2) is 15.8. The number of nitrogens with zero attached hydrogens (tertiary/aromatic N) is 2. The molecule has 4 aromatic carbocycles. The molecule has 4 aromatic rings. The third-order valence-corrected chi connectivity index (χ3v) is 10.1. The minimum Gasteiger partial charge on any atom is -0.354 e. The van der Waals surface area contributed by atoms with Crippen LogP contribution in [0.15, 0.2) is 102 Å². The standard InChI is InChI=1S/C35H36Cl3N3O4S/c1-24(2)21-39-35(43)33(19-26-11-6-4-7-12-26)40(22-29-30(37)15-10-16-31(29)38)34(42)23-41(32-20-27(36)18-17-25(32)3)46(44,45)28-13-8-5-9-14-28/h4-18,20,24,33H,19,21-23H2,1-3H3,(H,39,43). The summed E-state index contributed by atoms with van der Waals surface area (Å²) in [6, 6.07) is 26.0. The second-order valence-corrected chi connectivity index (χ2v) is 14.4. The van der Waals surface area contributed by atoms with Crippen LogP contribution in [-0.4, -0.2) is 44.3 Å². The normalized spacial score (nSPS) is 12.1. The highest BCUT2D eigenvalue weighted by atomic mass is 35.5. The average Bonchev–Trinajstić information content (AvgIpc) is 3.03. The molecule has 46 heavy (non-hydrogen) atoms. The fourth-order valence-electron chi connectivity index (χ4n) is 4.91. The highest BCUT2D eigenvalue weighted by molar-refractivity contribution is 7.92. The highest BCUT2D eigenvalue weighted by Crippen LogP contribution is 2.31. The molecule has 1 N–H and O–H groups in total. The van der Waals surface area contributed by atoms with Crippen LogP contribution in [0.3, 0.4) is 0 Å². The van der Waals surface area contributed by atoms with E-state index in [1.807, 2.05) is 44.2 Å². The second-order valence-electron chi connectivity index (χ2n) is 11.3. The summed E-state index contributed by atoms with van der Waals surface area (Å²) >= 11 is 19.5. The quantitative estimate of drug-likeness (QED) is 0.156. The van der Waals surface area contributed by atoms with Gasteiger partial charge in [0, 0.05) is 40.1 Å². The van der Waals surface area contributed by atoms with Crippen LogP contribution in [0, 0.1) is 12.8 Å². The lowest BCUT2D eigenvalue weighted by Gasteiger charge is -2.34. The van der Waals surface area contributed by atoms with Crippen molar-refractivity contribution in [3.05, 3.63) is 129 Å². The number of carbonyl (C=O) groups is 2. The van der Waals surface area contributed by atoms with Gasteiger partial charge in [0.25, 0.3) is 10.0 Å². The van der Waals surface area contributed by atoms with Gasteiger partial charge in [0.1, 0.15) is 12.6 Å². The van der Waals surface area contributed by atoms with Gasteiger partial charge >= 0.3 is 0 Å². The van der Waals surface area contributed by atoms with Crippen molar-refractivity contribution < 1.29 is 18.0 Å². The van der Waals surface area contributed by atoms with E-state index in [1.54, 1.807) is 55.5 Å². The lowest BCUT2D eigenvalue weighted by Crippen LogP contribution is -2.54. The van der Waals surface area contributed by atoms with E-state index in [0.717, 1.165) is 9.87 Å². The van der Waals surface area contributed by atoms with Crippen molar-refractivity contribution in [3.8, 4) is 0 Å². The summed E-state index contributed by atoms with van der Waals surface area (Å²) in [6.45, 7) is 5.30. The number of benzene rings is 4. The molecule has 2 amide bonds. The van der Waals surface area contributed by atoms with Gasteiger partial charge < -0.3 is 10.2 Å². The lowest BCUT2D eigenvalue weighted by molar-refractivity contribution is -0.140. The van der Waals surface area contributed by atoms with E-state index in [2.05, 4.69) is 5.32 Å². The van der Waals surface area contributed by atoms with Crippen molar-refractivity contribution in [1.29, 1.82) is 0 Å². The Balaban J connectivity index is 1.86. The largest absolute Gasteiger partial charge is 0.354 e. The molecule has 0 bridgehead atoms. The minimum atomic E-state index is -4.26. The first kappa shape index (κ1) is 35.3. The van der Waals surface area contributed by atoms with E-state index in [-0.39, 0.29) is 35.4 Å². The maximum absolute atomic E-state index is 14.6. The van der Waals surface area contributed by atoms with Gasteiger partial charge in [0.15, 0.2) is 0 Å². The molecule has 0 aliphatic carbocycles. The number of carbonyl (C=O) groups excluding carboxylic acids is 2. The Morgan fingerprint density at radius 3 is 2.04 bits per heavy atom. The van der Waals surface area contributed by atoms with Gasteiger partial charge in [0.05, 0.1) is 10.6 Å². The summed E-state index contributed by atoms with van der Waals surface area (Å²) < 4.78 is 29.4. The Bertz CT molecular complexity index is 1750. The first-order chi connectivity index (χ1) is 21.9. The average molecular weight is 701 g/mol. The van der Waals surface area contributed by atoms with Crippen LogP contribution < -0.4 is 9.62 Å². The summed E-state index contributed by atoms with van der Waals surface area (Å²) in [5.74, 6) is -0.859. The molecule has 1 atom stereocenters. The number of halogens is 3. The van der Waals surface area contributed by atoms with Crippen LogP contribution in [0.5, 0.6) is 0 Å². The van der Waals surface area contributed by atoms with Gasteiger partial charge in [0.2, 0.25) is 11.8 Å². The van der Waals surface area contributed by atoms with Crippen molar-refractivity contribution in [1.82, 2.24) is 10.2 Å². The Morgan fingerprint density at radius 1 is 0.826 bits per heavy atom. The molecule has 4 rings (SSSR count). The molecule has 0 heterocycles. The summed E-state index contributed by atoms with van der Waals surface area (Å²) in [6.07, 6.45) is 0.167. The fourth-order valence-corrected chi connectivity index (χ4v) is 7.09. The Hall–Kier alpha value is -3.56. The molecule has 0 fully saturated rings. The van der Waals surface area contributed by atoms with Gasteiger partial charge in [-0.2, -0.15) is 0 Å². The van der Waals surface area contributed by atoms with Crippen LogP contribution >= 0.6 is 34.8 Å². The van der Waals surface area contributed by atoms with Crippen molar-refractivity contribution >= 4 is 62.3 Å². The smallest absolute Gasteiger partial charge is 0.264 e. The summed E-state index contributed by atoms with van der Waals surface area (Å²) in [5.41, 5.74) is 2.08. The Morgan fingerprint density at radius 2 is 1.43 bits per heavy atom. The molecule has 7 nitrogen and oxygen atoms in total. The number of rotatable bonds is 13. The van der Waals surface area contributed by atoms with Crippen LogP contribution in [-0.2, 0) is 32.6 Å². The van der Waals surface area contributed by atoms with Crippen molar-refractivity contribution in [2.45, 2.75) is 44.7 Å². The zero-order chi connectivity index (χ0) is 33.4. The van der Waals surface area contributed by atoms with E-state index in [4.69, 9.17) is 34.8 Å². The van der Waals surface area contributed by atoms with Crippen molar-refractivity contribution in [2.75, 3.05) is 17.4 Å². The monoisotopic (exact) mass is 699 g/mol. The number of amides is 2. The molecule has 0 aliphatic heterocycles. The number of aryl methyl sites for hydroxylation is 1. The highest BCUT2D eigenvalue weighted by Gasteiger charge is 2.35. The van der Waals surface area contributed by atoms with Gasteiger partial charge in [-0.25, -0.2) is 8.42 Å². The van der Waals surface area contributed by atoms with E-state index in [9.17, 15) is 18.0 Å². The number of anilines is 1. The maximum atomic E-state index is 14.6. The van der Waals surface area contributed by atoms with Crippen LogP contribution in [0.2, 0.25) is 15.1 Å². The van der Waals surface area contributed by atoms with Gasteiger partial charge in [-0.05, 0) is 60.4 Å². The number of nitrogens with one attached hydrogen (secondary N) is 1. The van der Waals surface area contributed by atoms with Crippen molar-refractivity contribution in [3.63, 3.8) is 0 Å². The van der Waals surface area contributed by atoms with Crippen LogP contribution in [0.25, 0.3) is 0 Å². The predicted molar refractivity (Wildman–Crippen MR) is 186 cm³/mol. The molecule has 1 unspecified atom stereocenters. The molecular formula is C35H36Cl3N3O4S. The SMILES string of the molecule is Cc1ccc(Cl)cc1N(CC(=O)N(Cc1c(Cl)cccc1Cl)C(Cc1ccccc1)C(=O)NCC(C)C)S(=O)(=O)c1ccccc1.